The Hall–Kier alpha value is -3.56. The van der Waals surface area contributed by atoms with E-state index < -0.39 is 24.3 Å². The Morgan fingerprint density at radius 1 is 1.31 bits per heavy atom. The van der Waals surface area contributed by atoms with Gasteiger partial charge in [0.05, 0.1) is 12.8 Å². The number of aromatic nitrogens is 1. The highest BCUT2D eigenvalue weighted by atomic mass is 19.1. The van der Waals surface area contributed by atoms with Crippen LogP contribution < -0.4 is 14.8 Å². The predicted molar refractivity (Wildman–Crippen MR) is 88.0 cm³/mol. The molecule has 1 amide bonds. The molecular weight excluding hydrogens is 349 g/mol. The van der Waals surface area contributed by atoms with Gasteiger partial charge in [-0.15, -0.1) is 4.91 Å². The quantitative estimate of drug-likeness (QED) is 0.594. The van der Waals surface area contributed by atoms with E-state index in [9.17, 15) is 18.9 Å². The van der Waals surface area contributed by atoms with Crippen LogP contribution in [-0.4, -0.2) is 30.6 Å². The van der Waals surface area contributed by atoms with Gasteiger partial charge in [-0.3, -0.25) is 4.79 Å². The van der Waals surface area contributed by atoms with E-state index >= 15 is 0 Å². The zero-order chi connectivity index (χ0) is 19.1. The molecule has 0 saturated carbocycles. The van der Waals surface area contributed by atoms with Crippen LogP contribution in [0.4, 0.5) is 15.8 Å². The molecule has 0 unspecified atom stereocenters. The number of anilines is 1. The highest BCUT2D eigenvalue weighted by molar-refractivity contribution is 5.89. The number of rotatable bonds is 7. The Balaban J connectivity index is 2.34. The van der Waals surface area contributed by atoms with Crippen LogP contribution in [0, 0.1) is 10.7 Å². The van der Waals surface area contributed by atoms with E-state index in [4.69, 9.17) is 9.47 Å². The van der Waals surface area contributed by atoms with Gasteiger partial charge in [-0.2, -0.15) is 0 Å². The summed E-state index contributed by atoms with van der Waals surface area (Å²) in [5.41, 5.74) is -0.528. The highest BCUT2D eigenvalue weighted by Crippen LogP contribution is 2.38. The molecule has 0 radical (unpaired) electrons. The van der Waals surface area contributed by atoms with Gasteiger partial charge in [-0.1, -0.05) is 0 Å². The van der Waals surface area contributed by atoms with E-state index in [1.807, 2.05) is 0 Å². The van der Waals surface area contributed by atoms with Crippen LogP contribution in [0.1, 0.15) is 6.92 Å². The molecule has 0 fully saturated rings. The largest absolute Gasteiger partial charge is 0.466 e. The first-order chi connectivity index (χ1) is 12.4. The third kappa shape index (κ3) is 4.72. The number of hydrogen-bond donors (Lipinski definition) is 1. The molecule has 9 nitrogen and oxygen atoms in total. The van der Waals surface area contributed by atoms with Crippen LogP contribution in [0.15, 0.2) is 35.6 Å². The van der Waals surface area contributed by atoms with E-state index in [0.29, 0.717) is 0 Å². The molecule has 1 heterocycles. The number of nitroso groups, excluding NO2 is 1. The minimum absolute atomic E-state index is 0.0432. The number of esters is 1. The molecule has 2 aromatic rings. The number of nitrogens with one attached hydrogen (secondary N) is 1. The van der Waals surface area contributed by atoms with Crippen LogP contribution in [0.5, 0.6) is 17.4 Å². The van der Waals surface area contributed by atoms with Crippen molar-refractivity contribution in [3.63, 3.8) is 0 Å². The fourth-order valence-corrected chi connectivity index (χ4v) is 1.85. The standard InChI is InChI=1S/C16H14FN3O6/c1-9(21)19-11-7-14(12(20-23)6-10(11)17)26-13-4-3-5-18-16(13)25-8-15(22)24-2/h3-7H,8H2,1-2H3,(H,19,21). The van der Waals surface area contributed by atoms with Crippen molar-refractivity contribution in [2.24, 2.45) is 5.18 Å². The summed E-state index contributed by atoms with van der Waals surface area (Å²) < 4.78 is 29.1. The van der Waals surface area contributed by atoms with Crippen LogP contribution in [0.2, 0.25) is 0 Å². The third-order valence-electron chi connectivity index (χ3n) is 2.97. The van der Waals surface area contributed by atoms with Crippen LogP contribution >= 0.6 is 0 Å². The third-order valence-corrected chi connectivity index (χ3v) is 2.97. The highest BCUT2D eigenvalue weighted by Gasteiger charge is 2.16. The first-order valence-electron chi connectivity index (χ1n) is 7.21. The van der Waals surface area contributed by atoms with Crippen LogP contribution in [-0.2, 0) is 14.3 Å². The van der Waals surface area contributed by atoms with Crippen molar-refractivity contribution < 1.29 is 28.2 Å². The van der Waals surface area contributed by atoms with Crippen LogP contribution in [0.25, 0.3) is 0 Å². The number of pyridine rings is 1. The number of amides is 1. The summed E-state index contributed by atoms with van der Waals surface area (Å²) in [6, 6.07) is 4.89. The Morgan fingerprint density at radius 2 is 2.08 bits per heavy atom. The van der Waals surface area contributed by atoms with Crippen molar-refractivity contribution in [1.29, 1.82) is 0 Å². The Morgan fingerprint density at radius 3 is 2.73 bits per heavy atom. The number of carbonyl (C=O) groups is 2. The maximum absolute atomic E-state index is 13.9. The molecule has 0 aliphatic carbocycles. The van der Waals surface area contributed by atoms with Gasteiger partial charge in [0, 0.05) is 25.3 Å². The molecule has 2 rings (SSSR count). The van der Waals surface area contributed by atoms with Gasteiger partial charge in [0.2, 0.25) is 5.91 Å². The summed E-state index contributed by atoms with van der Waals surface area (Å²) in [6.45, 7) is 0.787. The minimum Gasteiger partial charge on any atom is -0.466 e. The van der Waals surface area contributed by atoms with Crippen LogP contribution in [0.3, 0.4) is 0 Å². The lowest BCUT2D eigenvalue weighted by Crippen LogP contribution is -2.13. The molecule has 0 atom stereocenters. The fraction of sp³-hybridized carbons (Fsp3) is 0.188. The van der Waals surface area contributed by atoms with E-state index in [-0.39, 0.29) is 28.8 Å². The molecule has 1 aromatic heterocycles. The molecule has 1 aromatic carbocycles. The van der Waals surface area contributed by atoms with Gasteiger partial charge in [0.25, 0.3) is 5.88 Å². The molecule has 0 bridgehead atoms. The second-order valence-corrected chi connectivity index (χ2v) is 4.85. The summed E-state index contributed by atoms with van der Waals surface area (Å²) in [6.07, 6.45) is 1.39. The van der Waals surface area contributed by atoms with Crippen molar-refractivity contribution in [1.82, 2.24) is 4.98 Å². The SMILES string of the molecule is COC(=O)COc1ncccc1Oc1cc(NC(C)=O)c(F)cc1N=O. The molecular formula is C16H14FN3O6. The number of halogens is 1. The molecule has 0 saturated heterocycles. The number of nitrogens with zero attached hydrogens (tertiary/aromatic N) is 2. The summed E-state index contributed by atoms with van der Waals surface area (Å²) in [4.78, 5) is 37.2. The lowest BCUT2D eigenvalue weighted by atomic mass is 10.2. The smallest absolute Gasteiger partial charge is 0.343 e. The van der Waals surface area contributed by atoms with Gasteiger partial charge >= 0.3 is 5.97 Å². The second kappa shape index (κ2) is 8.51. The zero-order valence-electron chi connectivity index (χ0n) is 13.8. The fourth-order valence-electron chi connectivity index (χ4n) is 1.85. The number of methoxy groups -OCH3 is 1. The Labute approximate surface area is 147 Å². The first-order valence-corrected chi connectivity index (χ1v) is 7.21. The summed E-state index contributed by atoms with van der Waals surface area (Å²) in [5, 5.41) is 4.97. The molecule has 0 aliphatic heterocycles. The molecule has 136 valence electrons. The number of hydrogen-bond acceptors (Lipinski definition) is 8. The summed E-state index contributed by atoms with van der Waals surface area (Å²) in [7, 11) is 1.20. The maximum Gasteiger partial charge on any atom is 0.343 e. The van der Waals surface area contributed by atoms with Gasteiger partial charge < -0.3 is 19.5 Å². The Bertz CT molecular complexity index is 843. The molecule has 26 heavy (non-hydrogen) atoms. The van der Waals surface area contributed by atoms with E-state index in [2.05, 4.69) is 20.2 Å². The van der Waals surface area contributed by atoms with Crippen molar-refractivity contribution >= 4 is 23.3 Å². The number of benzene rings is 1. The van der Waals surface area contributed by atoms with Crippen molar-refractivity contribution in [2.45, 2.75) is 6.92 Å². The lowest BCUT2D eigenvalue weighted by molar-refractivity contribution is -0.143. The summed E-state index contributed by atoms with van der Waals surface area (Å²) in [5.74, 6) is -2.14. The van der Waals surface area contributed by atoms with E-state index in [0.717, 1.165) is 12.1 Å². The second-order valence-electron chi connectivity index (χ2n) is 4.85. The predicted octanol–water partition coefficient (Wildman–Crippen LogP) is 2.92. The van der Waals surface area contributed by atoms with E-state index in [1.165, 1.54) is 32.4 Å². The zero-order valence-corrected chi connectivity index (χ0v) is 13.8. The van der Waals surface area contributed by atoms with Gasteiger partial charge in [-0.25, -0.2) is 14.2 Å². The topological polar surface area (TPSA) is 116 Å². The maximum atomic E-state index is 13.9. The van der Waals surface area contributed by atoms with Crippen molar-refractivity contribution in [3.8, 4) is 17.4 Å². The monoisotopic (exact) mass is 363 g/mol. The lowest BCUT2D eigenvalue weighted by Gasteiger charge is -2.13. The molecule has 1 N–H and O–H groups in total. The minimum atomic E-state index is -0.851. The molecule has 0 aliphatic rings. The van der Waals surface area contributed by atoms with Gasteiger partial charge in [0.15, 0.2) is 23.8 Å². The average Bonchev–Trinajstić information content (AvgIpc) is 2.62. The first kappa shape index (κ1) is 18.8. The van der Waals surface area contributed by atoms with Crippen molar-refractivity contribution in [2.75, 3.05) is 19.0 Å². The van der Waals surface area contributed by atoms with Gasteiger partial charge in [-0.05, 0) is 17.3 Å². The number of ether oxygens (including phenoxy) is 3. The average molecular weight is 363 g/mol. The van der Waals surface area contributed by atoms with E-state index in [1.54, 1.807) is 0 Å². The normalized spacial score (nSPS) is 9.96. The molecule has 0 spiro atoms. The summed E-state index contributed by atoms with van der Waals surface area (Å²) >= 11 is 0. The van der Waals surface area contributed by atoms with Crippen molar-refractivity contribution in [3.05, 3.63) is 41.2 Å². The Kier molecular flexibility index (Phi) is 6.15. The van der Waals surface area contributed by atoms with Gasteiger partial charge in [0.1, 0.15) is 5.82 Å². The molecule has 10 heteroatoms. The number of carbonyl (C=O) groups excluding carboxylic acids is 2.